The highest BCUT2D eigenvalue weighted by Gasteiger charge is 2.08. The molecule has 3 aromatic rings. The van der Waals surface area contributed by atoms with E-state index in [1.165, 1.54) is 0 Å². The molecule has 19 heavy (non-hydrogen) atoms. The van der Waals surface area contributed by atoms with Crippen LogP contribution in [0.5, 0.6) is 5.75 Å². The van der Waals surface area contributed by atoms with E-state index >= 15 is 0 Å². The molecule has 94 valence electrons. The lowest BCUT2D eigenvalue weighted by Crippen LogP contribution is -1.95. The number of aromatic nitrogens is 2. The van der Waals surface area contributed by atoms with E-state index < -0.39 is 0 Å². The van der Waals surface area contributed by atoms with Crippen LogP contribution in [0.4, 0.5) is 0 Å². The van der Waals surface area contributed by atoms with Crippen molar-refractivity contribution < 1.29 is 4.74 Å². The SMILES string of the molecule is COc1ccc(-n2ccnc2)c(-c2ccccc2)c1. The average molecular weight is 250 g/mol. The molecule has 0 spiro atoms. The van der Waals surface area contributed by atoms with Gasteiger partial charge in [-0.3, -0.25) is 0 Å². The van der Waals surface area contributed by atoms with Gasteiger partial charge in [0.1, 0.15) is 5.75 Å². The molecule has 3 heteroatoms. The van der Waals surface area contributed by atoms with Crippen molar-refractivity contribution in [1.82, 2.24) is 9.55 Å². The zero-order valence-corrected chi connectivity index (χ0v) is 10.7. The van der Waals surface area contributed by atoms with E-state index in [0.717, 1.165) is 22.6 Å². The Hall–Kier alpha value is -2.55. The van der Waals surface area contributed by atoms with Crippen molar-refractivity contribution in [2.24, 2.45) is 0 Å². The lowest BCUT2D eigenvalue weighted by molar-refractivity contribution is 0.415. The Balaban J connectivity index is 2.20. The molecule has 0 N–H and O–H groups in total. The third-order valence-electron chi connectivity index (χ3n) is 3.07. The molecule has 0 aliphatic carbocycles. The van der Waals surface area contributed by atoms with Crippen LogP contribution in [0.25, 0.3) is 16.8 Å². The topological polar surface area (TPSA) is 27.1 Å². The number of ether oxygens (including phenoxy) is 1. The number of nitrogens with zero attached hydrogens (tertiary/aromatic N) is 2. The van der Waals surface area contributed by atoms with Crippen LogP contribution in [-0.2, 0) is 0 Å². The monoisotopic (exact) mass is 250 g/mol. The molecule has 0 unspecified atom stereocenters. The van der Waals surface area contributed by atoms with Crippen LogP contribution in [0, 0.1) is 0 Å². The molecular formula is C16H14N2O. The van der Waals surface area contributed by atoms with Gasteiger partial charge in [-0.05, 0) is 23.8 Å². The van der Waals surface area contributed by atoms with Gasteiger partial charge >= 0.3 is 0 Å². The number of methoxy groups -OCH3 is 1. The molecule has 2 aromatic carbocycles. The smallest absolute Gasteiger partial charge is 0.119 e. The quantitative estimate of drug-likeness (QED) is 0.710. The van der Waals surface area contributed by atoms with Gasteiger partial charge in [0.05, 0.1) is 19.1 Å². The van der Waals surface area contributed by atoms with Gasteiger partial charge in [-0.1, -0.05) is 30.3 Å². The van der Waals surface area contributed by atoms with E-state index in [2.05, 4.69) is 17.1 Å². The van der Waals surface area contributed by atoms with Gasteiger partial charge in [0, 0.05) is 18.0 Å². The van der Waals surface area contributed by atoms with E-state index in [1.54, 1.807) is 19.6 Å². The molecule has 1 heterocycles. The summed E-state index contributed by atoms with van der Waals surface area (Å²) in [6.45, 7) is 0. The van der Waals surface area contributed by atoms with Crippen molar-refractivity contribution in [1.29, 1.82) is 0 Å². The molecule has 0 atom stereocenters. The van der Waals surface area contributed by atoms with Crippen molar-refractivity contribution in [3.8, 4) is 22.6 Å². The number of benzene rings is 2. The van der Waals surface area contributed by atoms with Crippen molar-refractivity contribution in [3.63, 3.8) is 0 Å². The van der Waals surface area contributed by atoms with Crippen LogP contribution in [0.1, 0.15) is 0 Å². The van der Waals surface area contributed by atoms with Gasteiger partial charge in [-0.15, -0.1) is 0 Å². The summed E-state index contributed by atoms with van der Waals surface area (Å²) in [5.41, 5.74) is 3.37. The molecule has 0 aliphatic heterocycles. The van der Waals surface area contributed by atoms with Crippen LogP contribution in [0.15, 0.2) is 67.3 Å². The Labute approximate surface area is 112 Å². The maximum Gasteiger partial charge on any atom is 0.119 e. The van der Waals surface area contributed by atoms with Gasteiger partial charge in [0.25, 0.3) is 0 Å². The summed E-state index contributed by atoms with van der Waals surface area (Å²) in [6.07, 6.45) is 5.52. The van der Waals surface area contributed by atoms with Crippen molar-refractivity contribution >= 4 is 0 Å². The summed E-state index contributed by atoms with van der Waals surface area (Å²) in [6, 6.07) is 16.3. The van der Waals surface area contributed by atoms with E-state index in [-0.39, 0.29) is 0 Å². The Kier molecular flexibility index (Phi) is 3.02. The number of hydrogen-bond acceptors (Lipinski definition) is 2. The van der Waals surface area contributed by atoms with Crippen LogP contribution in [0.3, 0.4) is 0 Å². The molecule has 0 fully saturated rings. The van der Waals surface area contributed by atoms with Gasteiger partial charge in [-0.2, -0.15) is 0 Å². The Bertz CT molecular complexity index is 660. The fourth-order valence-electron chi connectivity index (χ4n) is 2.12. The summed E-state index contributed by atoms with van der Waals surface area (Å²) in [7, 11) is 1.68. The minimum absolute atomic E-state index is 0.850. The van der Waals surface area contributed by atoms with E-state index in [4.69, 9.17) is 4.74 Å². The third-order valence-corrected chi connectivity index (χ3v) is 3.07. The van der Waals surface area contributed by atoms with E-state index in [9.17, 15) is 0 Å². The Morgan fingerprint density at radius 2 is 1.89 bits per heavy atom. The second kappa shape index (κ2) is 4.98. The highest BCUT2D eigenvalue weighted by Crippen LogP contribution is 2.30. The van der Waals surface area contributed by atoms with Crippen molar-refractivity contribution in [3.05, 3.63) is 67.3 Å². The summed E-state index contributed by atoms with van der Waals surface area (Å²) >= 11 is 0. The lowest BCUT2D eigenvalue weighted by atomic mass is 10.0. The summed E-state index contributed by atoms with van der Waals surface area (Å²) in [5, 5.41) is 0. The zero-order chi connectivity index (χ0) is 13.1. The third kappa shape index (κ3) is 2.22. The normalized spacial score (nSPS) is 10.4. The highest BCUT2D eigenvalue weighted by atomic mass is 16.5. The summed E-state index contributed by atoms with van der Waals surface area (Å²) in [4.78, 5) is 4.11. The highest BCUT2D eigenvalue weighted by molar-refractivity contribution is 5.74. The fraction of sp³-hybridized carbons (Fsp3) is 0.0625. The maximum atomic E-state index is 5.32. The minimum atomic E-state index is 0.850. The molecular weight excluding hydrogens is 236 g/mol. The molecule has 1 aromatic heterocycles. The Morgan fingerprint density at radius 1 is 1.05 bits per heavy atom. The second-order valence-corrected chi connectivity index (χ2v) is 4.22. The number of rotatable bonds is 3. The first-order valence-electron chi connectivity index (χ1n) is 6.10. The van der Waals surface area contributed by atoms with Gasteiger partial charge in [0.15, 0.2) is 0 Å². The standard InChI is InChI=1S/C16H14N2O/c1-19-14-7-8-16(18-10-9-17-12-18)15(11-14)13-5-3-2-4-6-13/h2-12H,1H3. The predicted octanol–water partition coefficient (Wildman–Crippen LogP) is 3.55. The van der Waals surface area contributed by atoms with Crippen molar-refractivity contribution in [2.45, 2.75) is 0 Å². The molecule has 0 saturated heterocycles. The summed E-state index contributed by atoms with van der Waals surface area (Å²) < 4.78 is 7.33. The zero-order valence-electron chi connectivity index (χ0n) is 10.7. The molecule has 3 nitrogen and oxygen atoms in total. The fourth-order valence-corrected chi connectivity index (χ4v) is 2.12. The maximum absolute atomic E-state index is 5.32. The average Bonchev–Trinajstić information content (AvgIpc) is 3.01. The minimum Gasteiger partial charge on any atom is -0.497 e. The Morgan fingerprint density at radius 3 is 2.58 bits per heavy atom. The molecule has 0 bridgehead atoms. The van der Waals surface area contributed by atoms with Crippen LogP contribution in [0.2, 0.25) is 0 Å². The lowest BCUT2D eigenvalue weighted by Gasteiger charge is -2.12. The van der Waals surface area contributed by atoms with E-state index in [0.29, 0.717) is 0 Å². The summed E-state index contributed by atoms with van der Waals surface area (Å²) in [5.74, 6) is 0.850. The number of hydrogen-bond donors (Lipinski definition) is 0. The van der Waals surface area contributed by atoms with Gasteiger partial charge < -0.3 is 9.30 Å². The van der Waals surface area contributed by atoms with Crippen molar-refractivity contribution in [2.75, 3.05) is 7.11 Å². The largest absolute Gasteiger partial charge is 0.497 e. The first-order valence-corrected chi connectivity index (χ1v) is 6.10. The van der Waals surface area contributed by atoms with E-state index in [1.807, 2.05) is 47.2 Å². The molecule has 0 radical (unpaired) electrons. The molecule has 0 saturated carbocycles. The van der Waals surface area contributed by atoms with Crippen LogP contribution in [-0.4, -0.2) is 16.7 Å². The molecule has 3 rings (SSSR count). The predicted molar refractivity (Wildman–Crippen MR) is 75.6 cm³/mol. The van der Waals surface area contributed by atoms with Gasteiger partial charge in [-0.25, -0.2) is 4.98 Å². The number of imidazole rings is 1. The second-order valence-electron chi connectivity index (χ2n) is 4.22. The van der Waals surface area contributed by atoms with Crippen LogP contribution >= 0.6 is 0 Å². The van der Waals surface area contributed by atoms with Gasteiger partial charge in [0.2, 0.25) is 0 Å². The molecule has 0 aliphatic rings. The first kappa shape index (κ1) is 11.5. The van der Waals surface area contributed by atoms with Crippen LogP contribution < -0.4 is 4.74 Å². The molecule has 0 amide bonds. The first-order chi connectivity index (χ1) is 9.38.